The summed E-state index contributed by atoms with van der Waals surface area (Å²) in [5.74, 6) is 7.34. The highest BCUT2D eigenvalue weighted by atomic mass is 16.5. The van der Waals surface area contributed by atoms with Gasteiger partial charge < -0.3 is 15.6 Å². The highest BCUT2D eigenvalue weighted by molar-refractivity contribution is 5.76. The number of aromatic nitrogens is 4. The number of rotatable bonds is 5. The van der Waals surface area contributed by atoms with Gasteiger partial charge in [0.25, 0.3) is 0 Å². The summed E-state index contributed by atoms with van der Waals surface area (Å²) in [5, 5.41) is 7.79. The molecular weight excluding hydrogens is 364 g/mol. The van der Waals surface area contributed by atoms with Crippen molar-refractivity contribution in [3.8, 4) is 28.4 Å². The fourth-order valence-electron chi connectivity index (χ4n) is 3.08. The second-order valence-corrected chi connectivity index (χ2v) is 6.89. The number of hydrogen-bond acceptors (Lipinski definition) is 5. The number of nitrogens with one attached hydrogen (secondary N) is 2. The topological polar surface area (TPSA) is 106 Å². The lowest BCUT2D eigenvalue weighted by molar-refractivity contribution is 0.297. The normalized spacial score (nSPS) is 10.8. The number of aromatic amines is 1. The van der Waals surface area contributed by atoms with Gasteiger partial charge in [-0.05, 0) is 55.8 Å². The van der Waals surface area contributed by atoms with Gasteiger partial charge in [-0.2, -0.15) is 0 Å². The lowest BCUT2D eigenvalue weighted by Gasteiger charge is -2.05. The molecule has 0 saturated heterocycles. The molecule has 0 atom stereocenters. The maximum absolute atomic E-state index is 7.79. The van der Waals surface area contributed by atoms with Crippen LogP contribution in [-0.2, 0) is 6.61 Å². The Labute approximate surface area is 168 Å². The van der Waals surface area contributed by atoms with E-state index in [0.29, 0.717) is 18.1 Å². The summed E-state index contributed by atoms with van der Waals surface area (Å²) >= 11 is 0. The predicted molar refractivity (Wildman–Crippen MR) is 111 cm³/mol. The van der Waals surface area contributed by atoms with Crippen molar-refractivity contribution in [3.63, 3.8) is 0 Å². The molecule has 0 saturated carbocycles. The molecule has 0 unspecified atom stereocenters. The van der Waals surface area contributed by atoms with E-state index in [0.717, 1.165) is 34.0 Å². The minimum absolute atomic E-state index is 0.211. The molecule has 4 N–H and O–H groups in total. The number of nitrogens with two attached hydrogens (primary N) is 1. The maximum atomic E-state index is 7.79. The number of nitrogen functional groups attached to an aromatic ring is 1. The van der Waals surface area contributed by atoms with Crippen LogP contribution in [0, 0.1) is 19.3 Å². The molecule has 0 bridgehead atoms. The molecule has 29 heavy (non-hydrogen) atoms. The number of aryl methyl sites for hydroxylation is 2. The Morgan fingerprint density at radius 1 is 1.07 bits per heavy atom. The average molecular weight is 386 g/mol. The van der Waals surface area contributed by atoms with E-state index in [1.807, 2.05) is 62.4 Å². The number of nitrogens with zero attached hydrogens (tertiary/aromatic N) is 3. The lowest BCUT2D eigenvalue weighted by atomic mass is 10.1. The highest BCUT2D eigenvalue weighted by Crippen LogP contribution is 2.29. The number of ether oxygens (including phenoxy) is 1. The van der Waals surface area contributed by atoms with Gasteiger partial charge in [-0.1, -0.05) is 18.2 Å². The molecule has 0 aliphatic carbocycles. The molecule has 0 fully saturated rings. The summed E-state index contributed by atoms with van der Waals surface area (Å²) in [6.45, 7) is 4.27. The second-order valence-electron chi connectivity index (χ2n) is 6.89. The average Bonchev–Trinajstić information content (AvgIpc) is 3.13. The van der Waals surface area contributed by atoms with Crippen molar-refractivity contribution in [2.24, 2.45) is 0 Å². The standard InChI is InChI=1S/C22H22N6O/c1-14-5-3-7-17(11-14)29-13-20-26-21(16-9-10-19(23)28(24)12-16)22(27-20)18-8-4-6-15(2)25-18/h3-12,23H,13,24H2,1-2H3,(H,26,27). The van der Waals surface area contributed by atoms with Gasteiger partial charge in [-0.15, -0.1) is 0 Å². The molecule has 7 heteroatoms. The van der Waals surface area contributed by atoms with Gasteiger partial charge in [0.05, 0.1) is 17.1 Å². The monoisotopic (exact) mass is 386 g/mol. The van der Waals surface area contributed by atoms with Gasteiger partial charge in [-0.3, -0.25) is 15.1 Å². The van der Waals surface area contributed by atoms with Crippen LogP contribution < -0.4 is 16.1 Å². The van der Waals surface area contributed by atoms with Crippen molar-refractivity contribution in [1.82, 2.24) is 19.6 Å². The van der Waals surface area contributed by atoms with E-state index in [2.05, 4.69) is 9.97 Å². The van der Waals surface area contributed by atoms with E-state index < -0.39 is 0 Å². The van der Waals surface area contributed by atoms with E-state index in [-0.39, 0.29) is 5.49 Å². The summed E-state index contributed by atoms with van der Waals surface area (Å²) in [5.41, 5.74) is 5.33. The molecule has 3 aromatic heterocycles. The first kappa shape index (κ1) is 18.5. The predicted octanol–water partition coefficient (Wildman–Crippen LogP) is 3.33. The third-order valence-electron chi connectivity index (χ3n) is 4.51. The Bertz CT molecular complexity index is 1220. The summed E-state index contributed by atoms with van der Waals surface area (Å²) < 4.78 is 7.17. The van der Waals surface area contributed by atoms with E-state index in [1.54, 1.807) is 12.3 Å². The van der Waals surface area contributed by atoms with Crippen LogP contribution in [0.3, 0.4) is 0 Å². The number of pyridine rings is 2. The molecule has 0 aliphatic heterocycles. The number of benzene rings is 1. The minimum atomic E-state index is 0.211. The maximum Gasteiger partial charge on any atom is 0.146 e. The summed E-state index contributed by atoms with van der Waals surface area (Å²) in [4.78, 5) is 12.7. The zero-order chi connectivity index (χ0) is 20.4. The Morgan fingerprint density at radius 3 is 2.66 bits per heavy atom. The molecule has 7 nitrogen and oxygen atoms in total. The van der Waals surface area contributed by atoms with E-state index in [9.17, 15) is 0 Å². The first-order valence-corrected chi connectivity index (χ1v) is 9.25. The van der Waals surface area contributed by atoms with Crippen molar-refractivity contribution in [3.05, 3.63) is 83.4 Å². The molecule has 146 valence electrons. The van der Waals surface area contributed by atoms with Gasteiger partial charge in [0.2, 0.25) is 0 Å². The SMILES string of the molecule is Cc1cccc(OCc2nc(-c3ccc(=N)n(N)c3)c(-c3cccc(C)n3)[nH]2)c1. The van der Waals surface area contributed by atoms with Crippen molar-refractivity contribution in [2.75, 3.05) is 5.84 Å². The van der Waals surface area contributed by atoms with Gasteiger partial charge in [0.15, 0.2) is 0 Å². The zero-order valence-corrected chi connectivity index (χ0v) is 16.3. The molecule has 3 heterocycles. The van der Waals surface area contributed by atoms with Crippen molar-refractivity contribution >= 4 is 0 Å². The minimum Gasteiger partial charge on any atom is -0.486 e. The van der Waals surface area contributed by atoms with Crippen LogP contribution in [-0.4, -0.2) is 19.6 Å². The van der Waals surface area contributed by atoms with Crippen molar-refractivity contribution in [2.45, 2.75) is 20.5 Å². The molecule has 0 amide bonds. The Morgan fingerprint density at radius 2 is 1.90 bits per heavy atom. The molecule has 4 aromatic rings. The van der Waals surface area contributed by atoms with Crippen molar-refractivity contribution in [1.29, 1.82) is 5.41 Å². The largest absolute Gasteiger partial charge is 0.486 e. The van der Waals surface area contributed by atoms with Gasteiger partial charge >= 0.3 is 0 Å². The van der Waals surface area contributed by atoms with Crippen LogP contribution >= 0.6 is 0 Å². The van der Waals surface area contributed by atoms with E-state index in [4.69, 9.17) is 21.0 Å². The first-order valence-electron chi connectivity index (χ1n) is 9.25. The number of imidazole rings is 1. The van der Waals surface area contributed by atoms with Crippen molar-refractivity contribution < 1.29 is 4.74 Å². The van der Waals surface area contributed by atoms with Crippen LogP contribution in [0.25, 0.3) is 22.6 Å². The third-order valence-corrected chi connectivity index (χ3v) is 4.51. The van der Waals surface area contributed by atoms with Gasteiger partial charge in [0.1, 0.15) is 23.7 Å². The summed E-state index contributed by atoms with van der Waals surface area (Å²) in [6, 6.07) is 17.2. The van der Waals surface area contributed by atoms with Crippen LogP contribution in [0.15, 0.2) is 60.8 Å². The second kappa shape index (κ2) is 7.63. The highest BCUT2D eigenvalue weighted by Gasteiger charge is 2.16. The molecule has 4 rings (SSSR count). The number of hydrogen-bond donors (Lipinski definition) is 3. The first-order chi connectivity index (χ1) is 14.0. The Balaban J connectivity index is 1.73. The molecule has 0 spiro atoms. The third kappa shape index (κ3) is 4.03. The summed E-state index contributed by atoms with van der Waals surface area (Å²) in [6.07, 6.45) is 1.68. The fraction of sp³-hybridized carbons (Fsp3) is 0.136. The Kier molecular flexibility index (Phi) is 4.87. The van der Waals surface area contributed by atoms with E-state index in [1.165, 1.54) is 4.68 Å². The lowest BCUT2D eigenvalue weighted by Crippen LogP contribution is -2.25. The number of H-pyrrole nitrogens is 1. The molecule has 0 aliphatic rings. The Hall–Kier alpha value is -3.87. The molecule has 1 aromatic carbocycles. The van der Waals surface area contributed by atoms with Gasteiger partial charge in [0, 0.05) is 17.5 Å². The van der Waals surface area contributed by atoms with Crippen LogP contribution in [0.2, 0.25) is 0 Å². The zero-order valence-electron chi connectivity index (χ0n) is 16.3. The fourth-order valence-corrected chi connectivity index (χ4v) is 3.08. The smallest absolute Gasteiger partial charge is 0.146 e. The molecular formula is C22H22N6O. The van der Waals surface area contributed by atoms with Crippen LogP contribution in [0.1, 0.15) is 17.1 Å². The van der Waals surface area contributed by atoms with Crippen LogP contribution in [0.5, 0.6) is 5.75 Å². The molecule has 0 radical (unpaired) electrons. The van der Waals surface area contributed by atoms with E-state index >= 15 is 0 Å². The quantitative estimate of drug-likeness (QED) is 0.457. The van der Waals surface area contributed by atoms with Crippen LogP contribution in [0.4, 0.5) is 0 Å². The summed E-state index contributed by atoms with van der Waals surface area (Å²) in [7, 11) is 0. The van der Waals surface area contributed by atoms with Gasteiger partial charge in [-0.25, -0.2) is 4.98 Å².